The Labute approximate surface area is 513 Å². The third kappa shape index (κ3) is 68.9. The summed E-state index contributed by atoms with van der Waals surface area (Å²) in [6, 6.07) is 0. The van der Waals surface area contributed by atoms with Gasteiger partial charge in [-0.3, -0.25) is 14.4 Å². The first-order valence-electron chi connectivity index (χ1n) is 37.7. The molecule has 486 valence electrons. The first-order valence-corrected chi connectivity index (χ1v) is 37.7. The van der Waals surface area contributed by atoms with E-state index in [4.69, 9.17) is 14.2 Å². The van der Waals surface area contributed by atoms with E-state index in [0.717, 1.165) is 57.8 Å². The van der Waals surface area contributed by atoms with Gasteiger partial charge in [-0.15, -0.1) is 0 Å². The molecule has 0 saturated heterocycles. The lowest BCUT2D eigenvalue weighted by molar-refractivity contribution is -0.167. The Kier molecular flexibility index (Phi) is 70.0. The number of unbranched alkanes of at least 4 members (excludes halogenated alkanes) is 58. The molecule has 0 aliphatic carbocycles. The van der Waals surface area contributed by atoms with E-state index < -0.39 is 6.10 Å². The lowest BCUT2D eigenvalue weighted by Gasteiger charge is -2.18. The zero-order valence-electron chi connectivity index (χ0n) is 56.1. The van der Waals surface area contributed by atoms with Gasteiger partial charge in [-0.2, -0.15) is 0 Å². The highest BCUT2D eigenvalue weighted by molar-refractivity contribution is 5.71. The van der Waals surface area contributed by atoms with E-state index in [0.29, 0.717) is 19.3 Å². The molecule has 0 amide bonds. The lowest BCUT2D eigenvalue weighted by atomic mass is 10.0. The summed E-state index contributed by atoms with van der Waals surface area (Å²) >= 11 is 0. The molecule has 0 aromatic carbocycles. The highest BCUT2D eigenvalue weighted by atomic mass is 16.6. The second kappa shape index (κ2) is 71.6. The van der Waals surface area contributed by atoms with Gasteiger partial charge in [0.15, 0.2) is 6.10 Å². The normalized spacial score (nSPS) is 12.0. The fourth-order valence-electron chi connectivity index (χ4n) is 11.9. The Bertz CT molecular complexity index is 1280. The van der Waals surface area contributed by atoms with Crippen molar-refractivity contribution in [2.45, 2.75) is 444 Å². The third-order valence-electron chi connectivity index (χ3n) is 17.5. The predicted octanol–water partition coefficient (Wildman–Crippen LogP) is 26.0. The van der Waals surface area contributed by atoms with Crippen LogP contribution in [0.4, 0.5) is 0 Å². The molecule has 0 fully saturated rings. The van der Waals surface area contributed by atoms with Crippen molar-refractivity contribution >= 4 is 17.9 Å². The highest BCUT2D eigenvalue weighted by Crippen LogP contribution is 2.20. The van der Waals surface area contributed by atoms with E-state index in [1.165, 1.54) is 340 Å². The first-order chi connectivity index (χ1) is 40.5. The average molecular weight is 1160 g/mol. The monoisotopic (exact) mass is 1160 g/mol. The summed E-state index contributed by atoms with van der Waals surface area (Å²) in [5.41, 5.74) is 0. The number of esters is 3. The van der Waals surface area contributed by atoms with Crippen LogP contribution in [0, 0.1) is 0 Å². The SMILES string of the molecule is CCCCCCCC/C=C\CCCCCCCCCC(=O)OC(COC(=O)CCCCCCCCCCCCCCCCCC)COC(=O)CCCCCCCCCCCCCCCCCCCCCCCCCCCCCCCCC. The van der Waals surface area contributed by atoms with E-state index >= 15 is 0 Å². The molecule has 0 N–H and O–H groups in total. The van der Waals surface area contributed by atoms with Crippen LogP contribution in [-0.4, -0.2) is 37.2 Å². The zero-order valence-corrected chi connectivity index (χ0v) is 56.1. The van der Waals surface area contributed by atoms with Gasteiger partial charge in [-0.25, -0.2) is 0 Å². The molecular formula is C76H146O6. The van der Waals surface area contributed by atoms with Crippen molar-refractivity contribution in [3.05, 3.63) is 12.2 Å². The molecule has 6 nitrogen and oxygen atoms in total. The summed E-state index contributed by atoms with van der Waals surface area (Å²) in [7, 11) is 0. The molecule has 0 rings (SSSR count). The van der Waals surface area contributed by atoms with Gasteiger partial charge < -0.3 is 14.2 Å². The molecule has 0 aromatic rings. The number of carbonyl (C=O) groups is 3. The second-order valence-corrected chi connectivity index (χ2v) is 25.9. The number of rotatable bonds is 71. The quantitative estimate of drug-likeness (QED) is 0.0261. The fourth-order valence-corrected chi connectivity index (χ4v) is 11.9. The van der Waals surface area contributed by atoms with Gasteiger partial charge in [-0.05, 0) is 44.9 Å². The molecular weight excluding hydrogens is 1010 g/mol. The minimum atomic E-state index is -0.769. The standard InChI is InChI=1S/C76H146O6/c1-4-7-10-13-16-19-22-25-28-31-32-33-34-35-36-37-38-39-40-41-42-43-44-46-48-51-54-57-60-63-66-69-75(78)81-72-73(71-80-74(77)68-65-62-59-56-53-50-47-30-27-24-21-18-15-12-9-6-3)82-76(79)70-67-64-61-58-55-52-49-45-29-26-23-20-17-14-11-8-5-2/h26,29,73H,4-25,27-28,30-72H2,1-3H3/b29-26-. The summed E-state index contributed by atoms with van der Waals surface area (Å²) in [5, 5.41) is 0. The Morgan fingerprint density at radius 1 is 0.232 bits per heavy atom. The van der Waals surface area contributed by atoms with Crippen LogP contribution >= 0.6 is 0 Å². The minimum absolute atomic E-state index is 0.0647. The molecule has 0 spiro atoms. The van der Waals surface area contributed by atoms with E-state index in [2.05, 4.69) is 32.9 Å². The van der Waals surface area contributed by atoms with Gasteiger partial charge in [-0.1, -0.05) is 386 Å². The molecule has 0 saturated carbocycles. The smallest absolute Gasteiger partial charge is 0.306 e. The molecule has 6 heteroatoms. The van der Waals surface area contributed by atoms with Crippen LogP contribution < -0.4 is 0 Å². The van der Waals surface area contributed by atoms with Crippen LogP contribution in [0.15, 0.2) is 12.2 Å². The largest absolute Gasteiger partial charge is 0.462 e. The van der Waals surface area contributed by atoms with Crippen molar-refractivity contribution in [2.24, 2.45) is 0 Å². The number of allylic oxidation sites excluding steroid dienone is 2. The highest BCUT2D eigenvalue weighted by Gasteiger charge is 2.20. The van der Waals surface area contributed by atoms with Gasteiger partial charge in [0.25, 0.3) is 0 Å². The molecule has 1 unspecified atom stereocenters. The third-order valence-corrected chi connectivity index (χ3v) is 17.5. The van der Waals surface area contributed by atoms with Crippen molar-refractivity contribution in [2.75, 3.05) is 13.2 Å². The Hall–Kier alpha value is -1.85. The van der Waals surface area contributed by atoms with Gasteiger partial charge in [0, 0.05) is 19.3 Å². The number of ether oxygens (including phenoxy) is 3. The molecule has 0 heterocycles. The van der Waals surface area contributed by atoms with Crippen LogP contribution in [0.25, 0.3) is 0 Å². The van der Waals surface area contributed by atoms with Crippen LogP contribution in [0.2, 0.25) is 0 Å². The summed E-state index contributed by atoms with van der Waals surface area (Å²) in [4.78, 5) is 38.5. The molecule has 1 atom stereocenters. The first kappa shape index (κ1) is 80.2. The maximum absolute atomic E-state index is 12.9. The predicted molar refractivity (Wildman–Crippen MR) is 358 cm³/mol. The van der Waals surface area contributed by atoms with Crippen LogP contribution in [-0.2, 0) is 28.6 Å². The summed E-state index contributed by atoms with van der Waals surface area (Å²) in [5.74, 6) is -0.831. The summed E-state index contributed by atoms with van der Waals surface area (Å²) in [6.07, 6.45) is 86.9. The molecule has 0 bridgehead atoms. The van der Waals surface area contributed by atoms with Crippen molar-refractivity contribution < 1.29 is 28.6 Å². The maximum Gasteiger partial charge on any atom is 0.306 e. The molecule has 0 aliphatic heterocycles. The topological polar surface area (TPSA) is 78.9 Å². The van der Waals surface area contributed by atoms with Crippen LogP contribution in [0.1, 0.15) is 438 Å². The summed E-state index contributed by atoms with van der Waals surface area (Å²) in [6.45, 7) is 6.73. The van der Waals surface area contributed by atoms with Gasteiger partial charge >= 0.3 is 17.9 Å². The van der Waals surface area contributed by atoms with E-state index in [1.807, 2.05) is 0 Å². The van der Waals surface area contributed by atoms with E-state index in [9.17, 15) is 14.4 Å². The summed E-state index contributed by atoms with van der Waals surface area (Å²) < 4.78 is 17.0. The van der Waals surface area contributed by atoms with Crippen molar-refractivity contribution in [3.8, 4) is 0 Å². The number of carbonyl (C=O) groups excluding carboxylic acids is 3. The Balaban J connectivity index is 4.14. The van der Waals surface area contributed by atoms with Crippen molar-refractivity contribution in [1.29, 1.82) is 0 Å². The van der Waals surface area contributed by atoms with Crippen LogP contribution in [0.5, 0.6) is 0 Å². The Morgan fingerprint density at radius 3 is 0.610 bits per heavy atom. The van der Waals surface area contributed by atoms with Gasteiger partial charge in [0.2, 0.25) is 0 Å². The molecule has 0 radical (unpaired) electrons. The van der Waals surface area contributed by atoms with E-state index in [-0.39, 0.29) is 31.1 Å². The van der Waals surface area contributed by atoms with Crippen molar-refractivity contribution in [3.63, 3.8) is 0 Å². The van der Waals surface area contributed by atoms with E-state index in [1.54, 1.807) is 0 Å². The molecule has 0 aromatic heterocycles. The maximum atomic E-state index is 12.9. The average Bonchev–Trinajstić information content (AvgIpc) is 3.47. The number of hydrogen-bond donors (Lipinski definition) is 0. The molecule has 82 heavy (non-hydrogen) atoms. The van der Waals surface area contributed by atoms with Gasteiger partial charge in [0.05, 0.1) is 0 Å². The van der Waals surface area contributed by atoms with Gasteiger partial charge in [0.1, 0.15) is 13.2 Å². The lowest BCUT2D eigenvalue weighted by Crippen LogP contribution is -2.30. The number of hydrogen-bond acceptors (Lipinski definition) is 6. The molecule has 0 aliphatic rings. The second-order valence-electron chi connectivity index (χ2n) is 25.9. The van der Waals surface area contributed by atoms with Crippen molar-refractivity contribution in [1.82, 2.24) is 0 Å². The zero-order chi connectivity index (χ0) is 59.2. The fraction of sp³-hybridized carbons (Fsp3) is 0.934. The Morgan fingerprint density at radius 2 is 0.402 bits per heavy atom. The van der Waals surface area contributed by atoms with Crippen LogP contribution in [0.3, 0.4) is 0 Å². The minimum Gasteiger partial charge on any atom is -0.462 e.